The zero-order valence-corrected chi connectivity index (χ0v) is 24.9. The molecule has 0 heterocycles. The number of carboxylic acid groups (broad SMARTS) is 1. The van der Waals surface area contributed by atoms with Gasteiger partial charge in [-0.15, -0.1) is 0 Å². The van der Waals surface area contributed by atoms with Crippen molar-refractivity contribution in [2.75, 3.05) is 12.4 Å². The molecular weight excluding hydrogens is 570 g/mol. The van der Waals surface area contributed by atoms with Crippen molar-refractivity contribution in [1.82, 2.24) is 10.6 Å². The van der Waals surface area contributed by atoms with Gasteiger partial charge in [0.05, 0.1) is 13.5 Å². The number of rotatable bonds is 13. The molecule has 2 atom stereocenters. The highest BCUT2D eigenvalue weighted by Crippen LogP contribution is 2.32. The molecule has 3 aromatic carbocycles. The Hall–Kier alpha value is -5.46. The minimum atomic E-state index is -1.29. The van der Waals surface area contributed by atoms with Gasteiger partial charge in [-0.3, -0.25) is 9.59 Å². The van der Waals surface area contributed by atoms with Gasteiger partial charge in [-0.05, 0) is 68.3 Å². The third kappa shape index (κ3) is 10.1. The van der Waals surface area contributed by atoms with E-state index in [9.17, 15) is 19.5 Å². The van der Waals surface area contributed by atoms with E-state index in [1.807, 2.05) is 30.3 Å². The maximum atomic E-state index is 13.7. The van der Waals surface area contributed by atoms with Gasteiger partial charge in [-0.1, -0.05) is 41.6 Å². The molecule has 0 radical (unpaired) electrons. The third-order valence-electron chi connectivity index (χ3n) is 6.01. The summed E-state index contributed by atoms with van der Waals surface area (Å²) in [6.07, 6.45) is -2.80. The summed E-state index contributed by atoms with van der Waals surface area (Å²) in [5.41, 5.74) is 7.15. The molecule has 3 aromatic rings. The number of alkyl carbamates (subject to hydrolysis) is 1. The number of hydrogen-bond acceptors (Lipinski definition) is 9. The van der Waals surface area contributed by atoms with E-state index in [2.05, 4.69) is 21.1 Å². The van der Waals surface area contributed by atoms with Crippen LogP contribution < -0.4 is 31.2 Å². The molecule has 0 fully saturated rings. The first-order chi connectivity index (χ1) is 20.9. The monoisotopic (exact) mass is 607 g/mol. The highest BCUT2D eigenvalue weighted by molar-refractivity contribution is 5.97. The van der Waals surface area contributed by atoms with E-state index < -0.39 is 42.2 Å². The van der Waals surface area contributed by atoms with Crippen molar-refractivity contribution in [3.63, 3.8) is 0 Å². The number of methoxy groups -OCH3 is 1. The summed E-state index contributed by atoms with van der Waals surface area (Å²) in [5, 5.41) is 29.5. The van der Waals surface area contributed by atoms with Crippen LogP contribution in [0.25, 0.3) is 0 Å². The van der Waals surface area contributed by atoms with Gasteiger partial charge in [0.25, 0.3) is 0 Å². The van der Waals surface area contributed by atoms with Crippen molar-refractivity contribution in [1.29, 1.82) is 0 Å². The van der Waals surface area contributed by atoms with Crippen LogP contribution in [0.1, 0.15) is 49.9 Å². The van der Waals surface area contributed by atoms with Crippen LogP contribution in [-0.2, 0) is 20.9 Å². The van der Waals surface area contributed by atoms with Crippen molar-refractivity contribution in [3.8, 4) is 11.5 Å². The Bertz CT molecular complexity index is 1460. The number of aliphatic carboxylic acids is 1. The number of nitrogens with two attached hydrogens (primary N) is 1. The minimum absolute atomic E-state index is 0.0913. The van der Waals surface area contributed by atoms with Crippen LogP contribution in [0.3, 0.4) is 0 Å². The molecule has 0 spiro atoms. The Morgan fingerprint density at radius 3 is 2.23 bits per heavy atom. The van der Waals surface area contributed by atoms with Crippen LogP contribution in [0.5, 0.6) is 11.5 Å². The maximum Gasteiger partial charge on any atom is 0.409 e. The summed E-state index contributed by atoms with van der Waals surface area (Å²) in [5.74, 6) is -1.21. The lowest BCUT2D eigenvalue weighted by Crippen LogP contribution is -2.52. The smallest absolute Gasteiger partial charge is 0.409 e. The molecule has 13 heteroatoms. The zero-order valence-electron chi connectivity index (χ0n) is 24.9. The normalized spacial score (nSPS) is 12.8. The predicted octanol–water partition coefficient (Wildman–Crippen LogP) is 3.96. The van der Waals surface area contributed by atoms with Gasteiger partial charge in [0.1, 0.15) is 24.4 Å². The second-order valence-corrected chi connectivity index (χ2v) is 10.6. The third-order valence-corrected chi connectivity index (χ3v) is 6.01. The van der Waals surface area contributed by atoms with Crippen LogP contribution in [0, 0.1) is 0 Å². The Labute approximate surface area is 255 Å². The van der Waals surface area contributed by atoms with Crippen LogP contribution in [-0.4, -0.2) is 53.0 Å². The van der Waals surface area contributed by atoms with Crippen LogP contribution in [0.4, 0.5) is 10.5 Å². The molecule has 13 nitrogen and oxygen atoms in total. The molecule has 44 heavy (non-hydrogen) atoms. The number of benzene rings is 3. The highest BCUT2D eigenvalue weighted by atomic mass is 16.6. The summed E-state index contributed by atoms with van der Waals surface area (Å²) in [6.45, 7) is 5.26. The highest BCUT2D eigenvalue weighted by Gasteiger charge is 2.28. The van der Waals surface area contributed by atoms with Crippen molar-refractivity contribution in [2.45, 2.75) is 51.6 Å². The molecule has 0 bridgehead atoms. The van der Waals surface area contributed by atoms with Gasteiger partial charge in [0.15, 0.2) is 17.3 Å². The van der Waals surface area contributed by atoms with Gasteiger partial charge in [0, 0.05) is 11.3 Å². The molecule has 0 saturated heterocycles. The summed E-state index contributed by atoms with van der Waals surface area (Å²) in [4.78, 5) is 37.7. The SMILES string of the molecule is COc1cc(C(Nc2ccc(/C(N)=N\O)cc2)C(=O)NC(CC(=O)O)NC(=O)OC(C)(C)C)ccc1OCc1ccccc1. The quantitative estimate of drug-likeness (QED) is 0.0544. The van der Waals surface area contributed by atoms with Gasteiger partial charge >= 0.3 is 12.1 Å². The largest absolute Gasteiger partial charge is 0.493 e. The van der Waals surface area contributed by atoms with E-state index in [0.29, 0.717) is 34.9 Å². The minimum Gasteiger partial charge on any atom is -0.493 e. The number of ether oxygens (including phenoxy) is 3. The number of oxime groups is 1. The van der Waals surface area contributed by atoms with Gasteiger partial charge < -0.3 is 46.2 Å². The number of carboxylic acids is 1. The first-order valence-corrected chi connectivity index (χ1v) is 13.6. The van der Waals surface area contributed by atoms with Crippen molar-refractivity contribution in [3.05, 3.63) is 89.5 Å². The second kappa shape index (κ2) is 15.1. The second-order valence-electron chi connectivity index (χ2n) is 10.6. The Morgan fingerprint density at radius 1 is 0.955 bits per heavy atom. The number of amides is 2. The van der Waals surface area contributed by atoms with Gasteiger partial charge in [0.2, 0.25) is 5.91 Å². The molecule has 0 aromatic heterocycles. The van der Waals surface area contributed by atoms with Crippen LogP contribution in [0.2, 0.25) is 0 Å². The summed E-state index contributed by atoms with van der Waals surface area (Å²) < 4.78 is 16.7. The number of nitrogens with zero attached hydrogens (tertiary/aromatic N) is 1. The molecule has 0 aliphatic rings. The molecule has 2 unspecified atom stereocenters. The lowest BCUT2D eigenvalue weighted by atomic mass is 10.0. The van der Waals surface area contributed by atoms with E-state index in [1.54, 1.807) is 63.2 Å². The lowest BCUT2D eigenvalue weighted by Gasteiger charge is -2.26. The first-order valence-electron chi connectivity index (χ1n) is 13.6. The number of hydrogen-bond donors (Lipinski definition) is 6. The molecule has 3 rings (SSSR count). The number of anilines is 1. The fraction of sp³-hybridized carbons (Fsp3) is 0.290. The van der Waals surface area contributed by atoms with E-state index in [-0.39, 0.29) is 5.84 Å². The number of carbonyl (C=O) groups is 3. The van der Waals surface area contributed by atoms with E-state index in [1.165, 1.54) is 7.11 Å². The molecule has 0 aliphatic heterocycles. The molecule has 0 aliphatic carbocycles. The Balaban J connectivity index is 1.92. The van der Waals surface area contributed by atoms with E-state index >= 15 is 0 Å². The average molecular weight is 608 g/mol. The molecule has 7 N–H and O–H groups in total. The fourth-order valence-corrected chi connectivity index (χ4v) is 4.00. The predicted molar refractivity (Wildman–Crippen MR) is 163 cm³/mol. The Morgan fingerprint density at radius 2 is 1.64 bits per heavy atom. The standard InChI is InChI=1S/C31H37N5O8/c1-31(2,3)44-30(40)35-25(17-26(37)38)34-29(39)27(33-22-13-10-20(11-14-22)28(32)36-41)21-12-15-23(24(16-21)42-4)43-18-19-8-6-5-7-9-19/h5-16,25,27,33,41H,17-18H2,1-4H3,(H2,32,36)(H,34,39)(H,35,40)(H,37,38). The zero-order chi connectivity index (χ0) is 32.3. The average Bonchev–Trinajstić information content (AvgIpc) is 2.97. The molecule has 2 amide bonds. The van der Waals surface area contributed by atoms with E-state index in [4.69, 9.17) is 25.2 Å². The van der Waals surface area contributed by atoms with Crippen molar-refractivity contribution in [2.24, 2.45) is 10.9 Å². The van der Waals surface area contributed by atoms with Crippen LogP contribution >= 0.6 is 0 Å². The van der Waals surface area contributed by atoms with Crippen molar-refractivity contribution >= 4 is 29.5 Å². The van der Waals surface area contributed by atoms with Gasteiger partial charge in [-0.2, -0.15) is 0 Å². The number of amidine groups is 1. The summed E-state index contributed by atoms with van der Waals surface area (Å²) in [7, 11) is 1.47. The molecular formula is C31H37N5O8. The number of carbonyl (C=O) groups excluding carboxylic acids is 2. The van der Waals surface area contributed by atoms with Crippen molar-refractivity contribution < 1.29 is 38.9 Å². The summed E-state index contributed by atoms with van der Waals surface area (Å²) in [6, 6.07) is 19.8. The maximum absolute atomic E-state index is 13.7. The topological polar surface area (TPSA) is 194 Å². The van der Waals surface area contributed by atoms with Gasteiger partial charge in [-0.25, -0.2) is 4.79 Å². The van der Waals surface area contributed by atoms with Crippen LogP contribution in [0.15, 0.2) is 78.0 Å². The molecule has 234 valence electrons. The first kappa shape index (κ1) is 33.0. The molecule has 0 saturated carbocycles. The fourth-order valence-electron chi connectivity index (χ4n) is 4.00. The van der Waals surface area contributed by atoms with E-state index in [0.717, 1.165) is 5.56 Å². The lowest BCUT2D eigenvalue weighted by molar-refractivity contribution is -0.137. The summed E-state index contributed by atoms with van der Waals surface area (Å²) >= 11 is 0. The Kier molecular flexibility index (Phi) is 11.4. The number of nitrogens with one attached hydrogen (secondary N) is 3.